The molecule has 0 spiro atoms. The zero-order chi connectivity index (χ0) is 21.2. The lowest BCUT2D eigenvalue weighted by atomic mass is 9.95. The number of aliphatic hydroxyl groups is 1. The number of nitro groups is 1. The van der Waals surface area contributed by atoms with E-state index in [0.717, 1.165) is 7.11 Å². The monoisotopic (exact) mass is 396 g/mol. The molecule has 0 bridgehead atoms. The maximum Gasteiger partial charge on any atom is 0.270 e. The van der Waals surface area contributed by atoms with E-state index in [1.165, 1.54) is 31.5 Å². The van der Waals surface area contributed by atoms with Crippen LogP contribution in [-0.4, -0.2) is 41.8 Å². The quantitative estimate of drug-likeness (QED) is 0.282. The Bertz CT molecular complexity index is 976. The van der Waals surface area contributed by atoms with Gasteiger partial charge < -0.3 is 14.6 Å². The number of nitrogens with zero attached hydrogens (tertiary/aromatic N) is 2. The first-order valence-electron chi connectivity index (χ1n) is 8.52. The number of benzene rings is 2. The van der Waals surface area contributed by atoms with E-state index < -0.39 is 4.92 Å². The molecule has 0 aliphatic carbocycles. The van der Waals surface area contributed by atoms with Gasteiger partial charge in [-0.1, -0.05) is 30.3 Å². The second kappa shape index (κ2) is 10.6. The molecule has 0 aliphatic rings. The van der Waals surface area contributed by atoms with Crippen LogP contribution in [-0.2, 0) is 4.74 Å². The Kier molecular flexibility index (Phi) is 7.96. The molecule has 0 saturated carbocycles. The molecule has 0 saturated heterocycles. The minimum atomic E-state index is -0.515. The smallest absolute Gasteiger partial charge is 0.270 e. The summed E-state index contributed by atoms with van der Waals surface area (Å²) >= 11 is 0. The van der Waals surface area contributed by atoms with Crippen LogP contribution in [0.1, 0.15) is 15.9 Å². The van der Waals surface area contributed by atoms with Gasteiger partial charge in [0.15, 0.2) is 12.6 Å². The Hall–Kier alpha value is -3.62. The summed E-state index contributed by atoms with van der Waals surface area (Å²) in [5, 5.41) is 18.2. The first-order chi connectivity index (χ1) is 14.1. The maximum absolute atomic E-state index is 13.0. The van der Waals surface area contributed by atoms with Gasteiger partial charge in [0.2, 0.25) is 0 Å². The maximum atomic E-state index is 13.0. The van der Waals surface area contributed by atoms with Crippen molar-refractivity contribution in [3.63, 3.8) is 0 Å². The zero-order valence-electron chi connectivity index (χ0n) is 15.9. The van der Waals surface area contributed by atoms with Gasteiger partial charge in [-0.2, -0.15) is 0 Å². The van der Waals surface area contributed by atoms with Gasteiger partial charge in [-0.25, -0.2) is 0 Å². The van der Waals surface area contributed by atoms with Crippen LogP contribution in [0.5, 0.6) is 5.75 Å². The van der Waals surface area contributed by atoms with E-state index >= 15 is 0 Å². The van der Waals surface area contributed by atoms with Gasteiger partial charge in [0.25, 0.3) is 5.69 Å². The van der Waals surface area contributed by atoms with Crippen molar-refractivity contribution in [2.75, 3.05) is 21.0 Å². The van der Waals surface area contributed by atoms with Gasteiger partial charge in [-0.3, -0.25) is 19.9 Å². The summed E-state index contributed by atoms with van der Waals surface area (Å²) in [7, 11) is 2.48. The number of pyridine rings is 1. The molecule has 0 fully saturated rings. The highest BCUT2D eigenvalue weighted by atomic mass is 16.7. The van der Waals surface area contributed by atoms with E-state index in [-0.39, 0.29) is 18.3 Å². The summed E-state index contributed by atoms with van der Waals surface area (Å²) in [4.78, 5) is 28.0. The van der Waals surface area contributed by atoms with E-state index in [4.69, 9.17) is 14.6 Å². The molecule has 1 heterocycles. The normalized spacial score (nSPS) is 9.90. The molecule has 150 valence electrons. The van der Waals surface area contributed by atoms with E-state index in [1.807, 2.05) is 6.07 Å². The minimum absolute atomic E-state index is 0.0183. The van der Waals surface area contributed by atoms with E-state index in [0.29, 0.717) is 28.1 Å². The van der Waals surface area contributed by atoms with Crippen LogP contribution in [0.2, 0.25) is 0 Å². The molecule has 0 unspecified atom stereocenters. The third-order valence-corrected chi connectivity index (χ3v) is 3.85. The fourth-order valence-corrected chi connectivity index (χ4v) is 2.62. The predicted octanol–water partition coefficient (Wildman–Crippen LogP) is 3.48. The number of rotatable bonds is 7. The Balaban J connectivity index is 0.00000145. The molecule has 3 aromatic rings. The van der Waals surface area contributed by atoms with E-state index in [2.05, 4.69) is 4.98 Å². The molecule has 0 atom stereocenters. The lowest BCUT2D eigenvalue weighted by Crippen LogP contribution is -2.07. The van der Waals surface area contributed by atoms with Crippen molar-refractivity contribution in [3.8, 4) is 17.0 Å². The number of carbonyl (C=O) groups is 1. The van der Waals surface area contributed by atoms with Gasteiger partial charge in [-0.05, 0) is 18.2 Å². The summed E-state index contributed by atoms with van der Waals surface area (Å²) in [6.45, 7) is -0.0183. The Labute approximate surface area is 167 Å². The standard InChI is InChI=1S/C20H16N2O5.CH4O/c1-26-13-27-18-8-5-11-21-19(18)17-12-15(22(24)25)9-10-16(17)20(23)14-6-3-2-4-7-14;1-2/h2-12H,13H2,1H3;2H,1H3. The molecule has 0 aliphatic heterocycles. The number of aliphatic hydroxyl groups excluding tert-OH is 1. The van der Waals surface area contributed by atoms with Crippen LogP contribution in [0.15, 0.2) is 66.9 Å². The summed E-state index contributed by atoms with van der Waals surface area (Å²) in [6.07, 6.45) is 1.53. The third kappa shape index (κ3) is 5.22. The van der Waals surface area contributed by atoms with Crippen LogP contribution in [0.3, 0.4) is 0 Å². The fourth-order valence-electron chi connectivity index (χ4n) is 2.62. The average Bonchev–Trinajstić information content (AvgIpc) is 2.79. The van der Waals surface area contributed by atoms with Crippen LogP contribution >= 0.6 is 0 Å². The Morgan fingerprint density at radius 2 is 1.83 bits per heavy atom. The number of hydrogen-bond donors (Lipinski definition) is 1. The van der Waals surface area contributed by atoms with E-state index in [9.17, 15) is 14.9 Å². The van der Waals surface area contributed by atoms with Gasteiger partial charge in [-0.15, -0.1) is 0 Å². The van der Waals surface area contributed by atoms with Crippen LogP contribution in [0, 0.1) is 10.1 Å². The lowest BCUT2D eigenvalue weighted by Gasteiger charge is -2.13. The van der Waals surface area contributed by atoms with Gasteiger partial charge in [0.05, 0.1) is 4.92 Å². The van der Waals surface area contributed by atoms with Gasteiger partial charge in [0, 0.05) is 49.2 Å². The van der Waals surface area contributed by atoms with Crippen molar-refractivity contribution in [2.45, 2.75) is 0 Å². The highest BCUT2D eigenvalue weighted by molar-refractivity contribution is 6.13. The number of aromatic nitrogens is 1. The van der Waals surface area contributed by atoms with Crippen LogP contribution in [0.25, 0.3) is 11.3 Å². The SMILES string of the molecule is CO.COCOc1cccnc1-c1cc([N+](=O)[O-])ccc1C(=O)c1ccccc1. The van der Waals surface area contributed by atoms with Crippen molar-refractivity contribution >= 4 is 11.5 Å². The highest BCUT2D eigenvalue weighted by Gasteiger charge is 2.21. The molecule has 1 aromatic heterocycles. The topological polar surface area (TPSA) is 112 Å². The number of ether oxygens (including phenoxy) is 2. The second-order valence-corrected chi connectivity index (χ2v) is 5.58. The van der Waals surface area contributed by atoms with Crippen molar-refractivity contribution in [1.29, 1.82) is 0 Å². The van der Waals surface area contributed by atoms with Gasteiger partial charge >= 0.3 is 0 Å². The molecule has 8 heteroatoms. The molecule has 2 aromatic carbocycles. The fraction of sp³-hybridized carbons (Fsp3) is 0.143. The number of non-ortho nitro benzene ring substituents is 1. The average molecular weight is 396 g/mol. The predicted molar refractivity (Wildman–Crippen MR) is 107 cm³/mol. The zero-order valence-corrected chi connectivity index (χ0v) is 15.9. The largest absolute Gasteiger partial charge is 0.465 e. The summed E-state index contributed by atoms with van der Waals surface area (Å²) in [5.41, 5.74) is 1.29. The molecule has 8 nitrogen and oxygen atoms in total. The number of hydrogen-bond acceptors (Lipinski definition) is 7. The number of carbonyl (C=O) groups excluding carboxylic acids is 1. The molecule has 1 N–H and O–H groups in total. The molecular weight excluding hydrogens is 376 g/mol. The minimum Gasteiger partial charge on any atom is -0.465 e. The molecule has 0 radical (unpaired) electrons. The van der Waals surface area contributed by atoms with Gasteiger partial charge in [0.1, 0.15) is 11.4 Å². The third-order valence-electron chi connectivity index (χ3n) is 3.85. The summed E-state index contributed by atoms with van der Waals surface area (Å²) < 4.78 is 10.4. The van der Waals surface area contributed by atoms with Crippen molar-refractivity contribution < 1.29 is 24.3 Å². The lowest BCUT2D eigenvalue weighted by molar-refractivity contribution is -0.384. The molecule has 0 amide bonds. The number of ketones is 1. The first kappa shape index (κ1) is 21.7. The van der Waals surface area contributed by atoms with Crippen LogP contribution in [0.4, 0.5) is 5.69 Å². The highest BCUT2D eigenvalue weighted by Crippen LogP contribution is 2.34. The molecule has 3 rings (SSSR count). The van der Waals surface area contributed by atoms with Crippen LogP contribution < -0.4 is 4.74 Å². The van der Waals surface area contributed by atoms with Crippen molar-refractivity contribution in [3.05, 3.63) is 88.1 Å². The first-order valence-corrected chi connectivity index (χ1v) is 8.52. The van der Waals surface area contributed by atoms with E-state index in [1.54, 1.807) is 36.4 Å². The Morgan fingerprint density at radius 1 is 1.10 bits per heavy atom. The summed E-state index contributed by atoms with van der Waals surface area (Å²) in [6, 6.07) is 16.1. The summed E-state index contributed by atoms with van der Waals surface area (Å²) in [5.74, 6) is 0.103. The number of methoxy groups -OCH3 is 1. The van der Waals surface area contributed by atoms with Crippen molar-refractivity contribution in [1.82, 2.24) is 4.98 Å². The molecule has 29 heavy (non-hydrogen) atoms. The molecular formula is C21H20N2O6. The second-order valence-electron chi connectivity index (χ2n) is 5.58. The number of nitro benzene ring substituents is 1. The van der Waals surface area contributed by atoms with Crippen molar-refractivity contribution in [2.24, 2.45) is 0 Å². The Morgan fingerprint density at radius 3 is 2.48 bits per heavy atom.